The van der Waals surface area contributed by atoms with Crippen LogP contribution in [0.15, 0.2) is 65.3 Å². The molecule has 1 unspecified atom stereocenters. The Bertz CT molecular complexity index is 921. The maximum absolute atomic E-state index is 12.7. The Morgan fingerprint density at radius 1 is 1.19 bits per heavy atom. The van der Waals surface area contributed by atoms with Crippen molar-refractivity contribution in [2.75, 3.05) is 11.9 Å². The van der Waals surface area contributed by atoms with Crippen LogP contribution in [0.2, 0.25) is 0 Å². The van der Waals surface area contributed by atoms with Gasteiger partial charge in [0.2, 0.25) is 5.91 Å². The molecule has 0 radical (unpaired) electrons. The van der Waals surface area contributed by atoms with E-state index in [0.29, 0.717) is 25.4 Å². The number of para-hydroxylation sites is 1. The molecular weight excluding hydrogens is 394 g/mol. The highest BCUT2D eigenvalue weighted by atomic mass is 79.9. The molecular formula is C20H18BrN3O2. The smallest absolute Gasteiger partial charge is 0.232 e. The fraction of sp³-hybridized carbons (Fsp3) is 0.200. The molecule has 1 aliphatic rings. The minimum absolute atomic E-state index is 0.0444. The lowest BCUT2D eigenvalue weighted by molar-refractivity contribution is -0.121. The van der Waals surface area contributed by atoms with Gasteiger partial charge in [0.05, 0.1) is 18.7 Å². The molecule has 6 heteroatoms. The van der Waals surface area contributed by atoms with Crippen LogP contribution >= 0.6 is 15.9 Å². The number of ether oxygens (including phenoxy) is 1. The molecule has 1 amide bonds. The summed E-state index contributed by atoms with van der Waals surface area (Å²) in [5, 5.41) is 7.32. The van der Waals surface area contributed by atoms with Crippen LogP contribution in [0, 0.1) is 5.92 Å². The first-order chi connectivity index (χ1) is 12.7. The number of nitrogens with one attached hydrogen (secondary N) is 1. The van der Waals surface area contributed by atoms with E-state index in [1.165, 1.54) is 0 Å². The second kappa shape index (κ2) is 7.33. The zero-order valence-electron chi connectivity index (χ0n) is 14.1. The number of hydrogen-bond acceptors (Lipinski definition) is 3. The summed E-state index contributed by atoms with van der Waals surface area (Å²) >= 11 is 3.43. The van der Waals surface area contributed by atoms with Gasteiger partial charge in [0.25, 0.3) is 0 Å². The van der Waals surface area contributed by atoms with Crippen molar-refractivity contribution in [3.63, 3.8) is 0 Å². The van der Waals surface area contributed by atoms with E-state index >= 15 is 0 Å². The lowest BCUT2D eigenvalue weighted by Crippen LogP contribution is -2.33. The van der Waals surface area contributed by atoms with E-state index in [0.717, 1.165) is 21.3 Å². The number of benzene rings is 2. The third-order valence-electron chi connectivity index (χ3n) is 4.46. The molecule has 1 aliphatic heterocycles. The van der Waals surface area contributed by atoms with Gasteiger partial charge < -0.3 is 10.1 Å². The van der Waals surface area contributed by atoms with E-state index < -0.39 is 0 Å². The molecule has 132 valence electrons. The minimum Gasteiger partial charge on any atom is -0.492 e. The zero-order chi connectivity index (χ0) is 17.9. The lowest BCUT2D eigenvalue weighted by Gasteiger charge is -2.24. The van der Waals surface area contributed by atoms with E-state index in [2.05, 4.69) is 26.3 Å². The number of carbonyl (C=O) groups is 1. The van der Waals surface area contributed by atoms with E-state index in [1.807, 2.05) is 54.6 Å². The normalized spacial score (nSPS) is 15.8. The van der Waals surface area contributed by atoms with Gasteiger partial charge in [-0.1, -0.05) is 46.3 Å². The maximum Gasteiger partial charge on any atom is 0.232 e. The molecule has 1 aromatic heterocycles. The molecule has 4 rings (SSSR count). The van der Waals surface area contributed by atoms with Gasteiger partial charge in [-0.25, -0.2) is 4.68 Å². The molecule has 2 heterocycles. The van der Waals surface area contributed by atoms with Crippen LogP contribution in [0.25, 0.3) is 0 Å². The van der Waals surface area contributed by atoms with Crippen molar-refractivity contribution in [1.82, 2.24) is 9.78 Å². The molecule has 0 spiro atoms. The fourth-order valence-electron chi connectivity index (χ4n) is 3.05. The van der Waals surface area contributed by atoms with E-state index in [4.69, 9.17) is 4.74 Å². The maximum atomic E-state index is 12.7. The molecule has 1 atom stereocenters. The number of halogens is 1. The van der Waals surface area contributed by atoms with Crippen LogP contribution in [-0.2, 0) is 17.8 Å². The Morgan fingerprint density at radius 3 is 2.85 bits per heavy atom. The number of carbonyl (C=O) groups excluding carboxylic acids is 1. The Labute approximate surface area is 160 Å². The first kappa shape index (κ1) is 16.8. The summed E-state index contributed by atoms with van der Waals surface area (Å²) in [6.07, 6.45) is 2.38. The Morgan fingerprint density at radius 2 is 2.00 bits per heavy atom. The second-order valence-electron chi connectivity index (χ2n) is 6.31. The van der Waals surface area contributed by atoms with E-state index in [-0.39, 0.29) is 11.8 Å². The van der Waals surface area contributed by atoms with Crippen molar-refractivity contribution in [3.05, 3.63) is 76.4 Å². The van der Waals surface area contributed by atoms with Crippen molar-refractivity contribution in [3.8, 4) is 5.75 Å². The van der Waals surface area contributed by atoms with Gasteiger partial charge in [-0.15, -0.1) is 0 Å². The van der Waals surface area contributed by atoms with Crippen LogP contribution < -0.4 is 10.1 Å². The number of fused-ring (bicyclic) bond motifs is 1. The molecule has 0 saturated heterocycles. The minimum atomic E-state index is -0.207. The standard InChI is InChI=1S/C20H18BrN3O2/c21-17-7-5-14(6-8-17)12-24-19(9-10-22-24)23-20(25)16-11-15-3-1-2-4-18(15)26-13-16/h1-10,16H,11-13H2,(H,23,25). The molecule has 0 fully saturated rings. The monoisotopic (exact) mass is 411 g/mol. The summed E-state index contributed by atoms with van der Waals surface area (Å²) in [5.74, 6) is 1.31. The summed E-state index contributed by atoms with van der Waals surface area (Å²) < 4.78 is 8.55. The van der Waals surface area contributed by atoms with E-state index in [1.54, 1.807) is 10.9 Å². The van der Waals surface area contributed by atoms with Crippen LogP contribution in [0.1, 0.15) is 11.1 Å². The topological polar surface area (TPSA) is 56.2 Å². The largest absolute Gasteiger partial charge is 0.492 e. The number of amides is 1. The van der Waals surface area contributed by atoms with Crippen LogP contribution in [0.5, 0.6) is 5.75 Å². The van der Waals surface area contributed by atoms with Crippen molar-refractivity contribution in [2.45, 2.75) is 13.0 Å². The molecule has 5 nitrogen and oxygen atoms in total. The van der Waals surface area contributed by atoms with Crippen molar-refractivity contribution in [1.29, 1.82) is 0 Å². The Kier molecular flexibility index (Phi) is 4.75. The van der Waals surface area contributed by atoms with Crippen molar-refractivity contribution >= 4 is 27.7 Å². The summed E-state index contributed by atoms with van der Waals surface area (Å²) in [6.45, 7) is 0.990. The average molecular weight is 412 g/mol. The van der Waals surface area contributed by atoms with Crippen LogP contribution in [0.3, 0.4) is 0 Å². The van der Waals surface area contributed by atoms with E-state index in [9.17, 15) is 4.79 Å². The van der Waals surface area contributed by atoms with Gasteiger partial charge in [-0.05, 0) is 35.7 Å². The molecule has 26 heavy (non-hydrogen) atoms. The predicted octanol–water partition coefficient (Wildman–Crippen LogP) is 3.88. The average Bonchev–Trinajstić information content (AvgIpc) is 3.10. The number of aromatic nitrogens is 2. The number of rotatable bonds is 4. The molecule has 0 aliphatic carbocycles. The van der Waals surface area contributed by atoms with Gasteiger partial charge in [0, 0.05) is 10.5 Å². The van der Waals surface area contributed by atoms with Gasteiger partial charge in [-0.3, -0.25) is 4.79 Å². The Balaban J connectivity index is 1.44. The SMILES string of the molecule is O=C(Nc1ccnn1Cc1ccc(Br)cc1)C1COc2ccccc2C1. The summed E-state index contributed by atoms with van der Waals surface area (Å²) in [4.78, 5) is 12.7. The molecule has 0 saturated carbocycles. The third kappa shape index (κ3) is 3.65. The van der Waals surface area contributed by atoms with Gasteiger partial charge >= 0.3 is 0 Å². The van der Waals surface area contributed by atoms with Gasteiger partial charge in [0.1, 0.15) is 18.2 Å². The number of hydrogen-bond donors (Lipinski definition) is 1. The summed E-state index contributed by atoms with van der Waals surface area (Å²) in [7, 11) is 0. The van der Waals surface area contributed by atoms with Crippen molar-refractivity contribution < 1.29 is 9.53 Å². The molecule has 1 N–H and O–H groups in total. The summed E-state index contributed by atoms with van der Waals surface area (Å²) in [5.41, 5.74) is 2.18. The van der Waals surface area contributed by atoms with Gasteiger partial charge in [0.15, 0.2) is 0 Å². The van der Waals surface area contributed by atoms with Crippen LogP contribution in [-0.4, -0.2) is 22.3 Å². The van der Waals surface area contributed by atoms with Crippen molar-refractivity contribution in [2.24, 2.45) is 5.92 Å². The molecule has 0 bridgehead atoms. The highest BCUT2D eigenvalue weighted by Crippen LogP contribution is 2.27. The third-order valence-corrected chi connectivity index (χ3v) is 4.99. The quantitative estimate of drug-likeness (QED) is 0.708. The first-order valence-electron chi connectivity index (χ1n) is 8.47. The molecule has 3 aromatic rings. The first-order valence-corrected chi connectivity index (χ1v) is 9.26. The lowest BCUT2D eigenvalue weighted by atomic mass is 9.96. The second-order valence-corrected chi connectivity index (χ2v) is 7.23. The fourth-order valence-corrected chi connectivity index (χ4v) is 3.32. The highest BCUT2D eigenvalue weighted by molar-refractivity contribution is 9.10. The number of nitrogens with zero attached hydrogens (tertiary/aromatic N) is 2. The number of anilines is 1. The summed E-state index contributed by atoms with van der Waals surface area (Å²) in [6, 6.07) is 17.7. The van der Waals surface area contributed by atoms with Gasteiger partial charge in [-0.2, -0.15) is 5.10 Å². The molecule has 2 aromatic carbocycles. The van der Waals surface area contributed by atoms with Crippen LogP contribution in [0.4, 0.5) is 5.82 Å². The predicted molar refractivity (Wildman–Crippen MR) is 103 cm³/mol. The Hall–Kier alpha value is -2.60. The highest BCUT2D eigenvalue weighted by Gasteiger charge is 2.26. The zero-order valence-corrected chi connectivity index (χ0v) is 15.6.